The Morgan fingerprint density at radius 1 is 1.50 bits per heavy atom. The highest BCUT2D eigenvalue weighted by atomic mass is 35.5. The number of carboxylic acids is 1. The van der Waals surface area contributed by atoms with Crippen LogP contribution in [0.3, 0.4) is 0 Å². The van der Waals surface area contributed by atoms with Crippen LogP contribution in [-0.4, -0.2) is 32.2 Å². The molecule has 9 nitrogen and oxygen atoms in total. The number of nitrogens with zero attached hydrogens (tertiary/aromatic N) is 4. The van der Waals surface area contributed by atoms with Crippen LogP contribution in [0, 0.1) is 21.4 Å². The molecule has 0 aliphatic heterocycles. The highest BCUT2D eigenvalue weighted by Crippen LogP contribution is 2.37. The highest BCUT2D eigenvalue weighted by Gasteiger charge is 2.27. The summed E-state index contributed by atoms with van der Waals surface area (Å²) >= 11 is 6.85. The summed E-state index contributed by atoms with van der Waals surface area (Å²) in [6.07, 6.45) is 1.63. The molecule has 24 heavy (non-hydrogen) atoms. The van der Waals surface area contributed by atoms with Gasteiger partial charge in [0.1, 0.15) is 11.3 Å². The Hall–Kier alpha value is -2.90. The van der Waals surface area contributed by atoms with E-state index >= 15 is 0 Å². The first kappa shape index (κ1) is 17.5. The number of nitro groups is 1. The molecule has 1 aromatic heterocycles. The van der Waals surface area contributed by atoms with Crippen molar-refractivity contribution in [2.24, 2.45) is 0 Å². The van der Waals surface area contributed by atoms with E-state index < -0.39 is 27.6 Å². The molecule has 1 heterocycles. The van der Waals surface area contributed by atoms with Crippen molar-refractivity contribution >= 4 is 35.0 Å². The zero-order chi connectivity index (χ0) is 17.9. The molecule has 0 aliphatic carbocycles. The maximum Gasteiger partial charge on any atom is 0.368 e. The molecule has 1 N–H and O–H groups in total. The van der Waals surface area contributed by atoms with Gasteiger partial charge in [0.25, 0.3) is 0 Å². The molecule has 1 aromatic carbocycles. The van der Waals surface area contributed by atoms with E-state index in [1.165, 1.54) is 6.07 Å². The fraction of sp³-hybridized carbons (Fsp3) is 0.0769. The minimum atomic E-state index is -1.33. The molecule has 0 fully saturated rings. The average Bonchev–Trinajstić information content (AvgIpc) is 2.53. The van der Waals surface area contributed by atoms with Gasteiger partial charge in [0, 0.05) is 0 Å². The zero-order valence-electron chi connectivity index (χ0n) is 11.9. The first-order valence-electron chi connectivity index (χ1n) is 6.08. The van der Waals surface area contributed by atoms with Gasteiger partial charge in [0.05, 0.1) is 16.6 Å². The van der Waals surface area contributed by atoms with Crippen LogP contribution in [0.15, 0.2) is 23.4 Å². The molecule has 0 spiro atoms. The van der Waals surface area contributed by atoms with Crippen LogP contribution < -0.4 is 4.74 Å². The number of halogens is 1. The number of aromatic carboxylic acids is 1. The molecule has 11 heteroatoms. The van der Waals surface area contributed by atoms with Crippen LogP contribution in [0.25, 0.3) is 0 Å². The van der Waals surface area contributed by atoms with Gasteiger partial charge in [-0.1, -0.05) is 23.4 Å². The molecule has 0 atom stereocenters. The molecular formula is C13H7ClN4O5S. The lowest BCUT2D eigenvalue weighted by atomic mass is 10.1. The van der Waals surface area contributed by atoms with Gasteiger partial charge in [-0.15, -0.1) is 0 Å². The molecule has 122 valence electrons. The summed E-state index contributed by atoms with van der Waals surface area (Å²) in [6.45, 7) is 0. The first-order chi connectivity index (χ1) is 11.4. The Morgan fingerprint density at radius 2 is 2.21 bits per heavy atom. The molecule has 0 saturated heterocycles. The predicted octanol–water partition coefficient (Wildman–Crippen LogP) is 3.12. The van der Waals surface area contributed by atoms with Crippen LogP contribution in [-0.2, 0) is 0 Å². The van der Waals surface area contributed by atoms with Crippen molar-refractivity contribution in [3.8, 4) is 17.7 Å². The predicted molar refractivity (Wildman–Crippen MR) is 83.7 cm³/mol. The van der Waals surface area contributed by atoms with Crippen LogP contribution in [0.1, 0.15) is 15.9 Å². The summed E-state index contributed by atoms with van der Waals surface area (Å²) in [6, 6.07) is 5.40. The minimum Gasteiger partial charge on any atom is -0.478 e. The van der Waals surface area contributed by atoms with Gasteiger partial charge in [0.2, 0.25) is 5.15 Å². The van der Waals surface area contributed by atoms with E-state index in [9.17, 15) is 20.0 Å². The molecule has 2 rings (SSSR count). The van der Waals surface area contributed by atoms with E-state index in [0.717, 1.165) is 23.9 Å². The summed E-state index contributed by atoms with van der Waals surface area (Å²) in [5.41, 5.74) is -0.875. The molecule has 0 unspecified atom stereocenters. The Balaban J connectivity index is 2.63. The number of aromatic nitrogens is 2. The summed E-state index contributed by atoms with van der Waals surface area (Å²) in [5, 5.41) is 28.9. The van der Waals surface area contributed by atoms with Crippen molar-refractivity contribution in [3.63, 3.8) is 0 Å². The van der Waals surface area contributed by atoms with Crippen molar-refractivity contribution in [1.29, 1.82) is 5.26 Å². The number of benzene rings is 1. The van der Waals surface area contributed by atoms with Gasteiger partial charge in [0.15, 0.2) is 5.16 Å². The van der Waals surface area contributed by atoms with E-state index in [0.29, 0.717) is 0 Å². The van der Waals surface area contributed by atoms with Crippen molar-refractivity contribution in [3.05, 3.63) is 44.6 Å². The number of nitriles is 1. The maximum absolute atomic E-state index is 11.3. The third kappa shape index (κ3) is 3.53. The number of hydrogen-bond acceptors (Lipinski definition) is 8. The van der Waals surface area contributed by atoms with Gasteiger partial charge < -0.3 is 9.84 Å². The Morgan fingerprint density at radius 3 is 2.75 bits per heavy atom. The zero-order valence-corrected chi connectivity index (χ0v) is 13.5. The SMILES string of the molecule is CSc1nc(Cl)c([N+](=O)[O-])c(Oc2cc(C#N)ccc2C(=O)O)n1. The summed E-state index contributed by atoms with van der Waals surface area (Å²) in [4.78, 5) is 29.2. The number of ether oxygens (including phenoxy) is 1. The van der Waals surface area contributed by atoms with E-state index in [1.807, 2.05) is 6.07 Å². The second-order valence-electron chi connectivity index (χ2n) is 4.14. The van der Waals surface area contributed by atoms with E-state index in [4.69, 9.17) is 21.6 Å². The fourth-order valence-electron chi connectivity index (χ4n) is 1.66. The lowest BCUT2D eigenvalue weighted by Crippen LogP contribution is -2.04. The smallest absolute Gasteiger partial charge is 0.368 e. The molecular weight excluding hydrogens is 360 g/mol. The molecule has 0 amide bonds. The third-order valence-corrected chi connectivity index (χ3v) is 3.51. The van der Waals surface area contributed by atoms with Crippen molar-refractivity contribution in [2.75, 3.05) is 6.26 Å². The van der Waals surface area contributed by atoms with Crippen molar-refractivity contribution < 1.29 is 19.6 Å². The van der Waals surface area contributed by atoms with E-state index in [1.54, 1.807) is 6.26 Å². The second-order valence-corrected chi connectivity index (χ2v) is 5.27. The number of hydrogen-bond donors (Lipinski definition) is 1. The number of carbonyl (C=O) groups is 1. The van der Waals surface area contributed by atoms with Gasteiger partial charge >= 0.3 is 17.5 Å². The first-order valence-corrected chi connectivity index (χ1v) is 7.68. The highest BCUT2D eigenvalue weighted by molar-refractivity contribution is 7.98. The van der Waals surface area contributed by atoms with Gasteiger partial charge in [-0.2, -0.15) is 10.2 Å². The van der Waals surface area contributed by atoms with Crippen LogP contribution >= 0.6 is 23.4 Å². The van der Waals surface area contributed by atoms with Crippen molar-refractivity contribution in [1.82, 2.24) is 9.97 Å². The number of thioether (sulfide) groups is 1. The van der Waals surface area contributed by atoms with E-state index in [-0.39, 0.29) is 22.0 Å². The average molecular weight is 367 g/mol. The number of carboxylic acid groups (broad SMARTS) is 1. The Bertz CT molecular complexity index is 883. The van der Waals surface area contributed by atoms with Gasteiger partial charge in [-0.3, -0.25) is 10.1 Å². The van der Waals surface area contributed by atoms with E-state index in [2.05, 4.69) is 9.97 Å². The molecule has 0 radical (unpaired) electrons. The quantitative estimate of drug-likeness (QED) is 0.278. The molecule has 0 bridgehead atoms. The maximum atomic E-state index is 11.3. The number of rotatable bonds is 5. The Labute approximate surface area is 144 Å². The standard InChI is InChI=1S/C13H7ClN4O5S/c1-24-13-16-10(14)9(18(21)22)11(17-13)23-8-4-6(5-15)2-3-7(8)12(19)20/h2-4H,1H3,(H,19,20). The lowest BCUT2D eigenvalue weighted by molar-refractivity contribution is -0.386. The topological polar surface area (TPSA) is 139 Å². The summed E-state index contributed by atoms with van der Waals surface area (Å²) in [5.74, 6) is -2.12. The van der Waals surface area contributed by atoms with Crippen LogP contribution in [0.2, 0.25) is 5.15 Å². The van der Waals surface area contributed by atoms with Crippen LogP contribution in [0.5, 0.6) is 11.6 Å². The van der Waals surface area contributed by atoms with Gasteiger partial charge in [-0.05, 0) is 24.5 Å². The normalized spacial score (nSPS) is 10.0. The molecule has 0 saturated carbocycles. The van der Waals surface area contributed by atoms with Crippen LogP contribution in [0.4, 0.5) is 5.69 Å². The minimum absolute atomic E-state index is 0.105. The van der Waals surface area contributed by atoms with Gasteiger partial charge in [-0.25, -0.2) is 9.78 Å². The lowest BCUT2D eigenvalue weighted by Gasteiger charge is -2.09. The van der Waals surface area contributed by atoms with Crippen molar-refractivity contribution in [2.45, 2.75) is 5.16 Å². The fourth-order valence-corrected chi connectivity index (χ4v) is 2.30. The third-order valence-electron chi connectivity index (χ3n) is 2.70. The largest absolute Gasteiger partial charge is 0.478 e. The summed E-state index contributed by atoms with van der Waals surface area (Å²) in [7, 11) is 0. The monoisotopic (exact) mass is 366 g/mol. The molecule has 2 aromatic rings. The molecule has 0 aliphatic rings. The summed E-state index contributed by atoms with van der Waals surface area (Å²) < 4.78 is 5.31. The second kappa shape index (κ2) is 7.12. The Kier molecular flexibility index (Phi) is 5.18.